The number of ether oxygens (including phenoxy) is 2. The molecule has 0 saturated heterocycles. The summed E-state index contributed by atoms with van der Waals surface area (Å²) in [7, 11) is 0. The van der Waals surface area contributed by atoms with Gasteiger partial charge in [-0.2, -0.15) is 0 Å². The summed E-state index contributed by atoms with van der Waals surface area (Å²) in [6.07, 6.45) is 0.458. The van der Waals surface area contributed by atoms with Crippen LogP contribution in [0.3, 0.4) is 0 Å². The average molecular weight is 411 g/mol. The molecule has 2 aromatic rings. The van der Waals surface area contributed by atoms with Crippen LogP contribution in [0.5, 0.6) is 11.5 Å². The lowest BCUT2D eigenvalue weighted by Crippen LogP contribution is -2.15. The number of rotatable bonds is 4. The van der Waals surface area contributed by atoms with Gasteiger partial charge in [0.15, 0.2) is 5.78 Å². The van der Waals surface area contributed by atoms with Gasteiger partial charge in [0.25, 0.3) is 0 Å². The summed E-state index contributed by atoms with van der Waals surface area (Å²) in [5.74, 6) is 0.484. The van der Waals surface area contributed by atoms with Crippen LogP contribution in [-0.2, 0) is 4.79 Å². The normalized spacial score (nSPS) is 12.4. The number of Topliss-reactive ketones (excluding diaryl/α,β-unsaturated/α-hetero) is 1. The van der Waals surface area contributed by atoms with Gasteiger partial charge in [-0.25, -0.2) is 0 Å². The highest BCUT2D eigenvalue weighted by Gasteiger charge is 2.19. The second kappa shape index (κ2) is 9.62. The van der Waals surface area contributed by atoms with Gasteiger partial charge >= 0.3 is 5.97 Å². The highest BCUT2D eigenvalue weighted by atomic mass is 35.5. The fraction of sp³-hybridized carbons (Fsp3) is 0.300. The Balaban J connectivity index is 0.000000194. The lowest BCUT2D eigenvalue weighted by Gasteiger charge is -2.16. The van der Waals surface area contributed by atoms with Gasteiger partial charge in [0.1, 0.15) is 11.5 Å². The molecule has 5 nitrogen and oxygen atoms in total. The number of carbonyl (C=O) groups is 2. The summed E-state index contributed by atoms with van der Waals surface area (Å²) < 4.78 is 10.5. The Bertz CT molecular complexity index is 849. The molecule has 3 rings (SSSR count). The van der Waals surface area contributed by atoms with Crippen molar-refractivity contribution in [1.82, 2.24) is 0 Å². The number of fused-ring (bicyclic) bond motifs is 1. The summed E-state index contributed by atoms with van der Waals surface area (Å²) in [4.78, 5) is 21.6. The summed E-state index contributed by atoms with van der Waals surface area (Å²) in [5, 5.41) is 9.65. The van der Waals surface area contributed by atoms with E-state index < -0.39 is 5.97 Å². The molecule has 0 radical (unpaired) electrons. The first-order valence-corrected chi connectivity index (χ1v) is 9.10. The Hall–Kier alpha value is -2.24. The summed E-state index contributed by atoms with van der Waals surface area (Å²) in [5.41, 5.74) is 2.55. The van der Waals surface area contributed by atoms with Gasteiger partial charge in [0, 0.05) is 16.5 Å². The second-order valence-corrected chi connectivity index (χ2v) is 6.84. The molecule has 27 heavy (non-hydrogen) atoms. The van der Waals surface area contributed by atoms with Crippen LogP contribution < -0.4 is 9.47 Å². The van der Waals surface area contributed by atoms with Gasteiger partial charge in [-0.3, -0.25) is 9.59 Å². The number of ketones is 1. The van der Waals surface area contributed by atoms with Crippen molar-refractivity contribution in [3.8, 4) is 11.5 Å². The largest absolute Gasteiger partial charge is 0.493 e. The Kier molecular flexibility index (Phi) is 7.51. The summed E-state index contributed by atoms with van der Waals surface area (Å²) >= 11 is 11.8. The van der Waals surface area contributed by atoms with E-state index in [9.17, 15) is 9.59 Å². The van der Waals surface area contributed by atoms with Crippen LogP contribution in [0.1, 0.15) is 34.3 Å². The van der Waals surface area contributed by atoms with E-state index in [1.165, 1.54) is 0 Å². The van der Waals surface area contributed by atoms with Gasteiger partial charge < -0.3 is 14.6 Å². The van der Waals surface area contributed by atoms with Crippen molar-refractivity contribution in [2.45, 2.75) is 26.7 Å². The maximum atomic E-state index is 11.4. The maximum Gasteiger partial charge on any atom is 0.306 e. The van der Waals surface area contributed by atoms with Gasteiger partial charge in [-0.1, -0.05) is 29.3 Å². The lowest BCUT2D eigenvalue weighted by atomic mass is 10.0. The van der Waals surface area contributed by atoms with Crippen molar-refractivity contribution >= 4 is 35.0 Å². The highest BCUT2D eigenvalue weighted by Crippen LogP contribution is 2.30. The van der Waals surface area contributed by atoms with E-state index in [1.807, 2.05) is 19.9 Å². The predicted octanol–water partition coefficient (Wildman–Crippen LogP) is 5.12. The molecule has 0 saturated carbocycles. The first-order valence-electron chi connectivity index (χ1n) is 8.35. The molecule has 0 fully saturated rings. The fourth-order valence-electron chi connectivity index (χ4n) is 2.31. The predicted molar refractivity (Wildman–Crippen MR) is 105 cm³/mol. The van der Waals surface area contributed by atoms with E-state index in [2.05, 4.69) is 0 Å². The molecular weight excluding hydrogens is 391 g/mol. The smallest absolute Gasteiger partial charge is 0.306 e. The topological polar surface area (TPSA) is 72.8 Å². The minimum atomic E-state index is -0.872. The molecule has 7 heteroatoms. The van der Waals surface area contributed by atoms with Crippen LogP contribution in [0.2, 0.25) is 10.0 Å². The zero-order valence-corrected chi connectivity index (χ0v) is 16.6. The summed E-state index contributed by atoms with van der Waals surface area (Å²) in [6, 6.07) is 8.78. The number of carboxylic acids is 1. The molecule has 0 aliphatic carbocycles. The van der Waals surface area contributed by atoms with Gasteiger partial charge in [0.05, 0.1) is 25.2 Å². The number of benzene rings is 2. The first kappa shape index (κ1) is 21.1. The number of carbonyl (C=O) groups excluding carboxylic acids is 1. The molecule has 0 spiro atoms. The van der Waals surface area contributed by atoms with Gasteiger partial charge in [0.2, 0.25) is 0 Å². The van der Waals surface area contributed by atoms with E-state index in [4.69, 9.17) is 37.8 Å². The second-order valence-electron chi connectivity index (χ2n) is 6.02. The molecule has 1 aliphatic heterocycles. The zero-order valence-electron chi connectivity index (χ0n) is 15.1. The van der Waals surface area contributed by atoms with Crippen molar-refractivity contribution in [3.05, 3.63) is 57.1 Å². The van der Waals surface area contributed by atoms with E-state index in [-0.39, 0.29) is 18.8 Å². The molecule has 0 bridgehead atoms. The van der Waals surface area contributed by atoms with Crippen molar-refractivity contribution in [2.75, 3.05) is 13.2 Å². The zero-order chi connectivity index (χ0) is 20.0. The monoisotopic (exact) mass is 410 g/mol. The van der Waals surface area contributed by atoms with Gasteiger partial charge in [-0.15, -0.1) is 0 Å². The van der Waals surface area contributed by atoms with Gasteiger partial charge in [-0.05, 0) is 49.2 Å². The number of carboxylic acid groups (broad SMARTS) is 1. The third kappa shape index (κ3) is 6.15. The van der Waals surface area contributed by atoms with E-state index in [0.29, 0.717) is 40.1 Å². The molecule has 0 unspecified atom stereocenters. The first-order chi connectivity index (χ1) is 12.8. The van der Waals surface area contributed by atoms with E-state index >= 15 is 0 Å². The third-order valence-electron chi connectivity index (χ3n) is 3.88. The third-order valence-corrected chi connectivity index (χ3v) is 4.69. The van der Waals surface area contributed by atoms with Crippen LogP contribution in [0.4, 0.5) is 0 Å². The molecule has 0 amide bonds. The Morgan fingerprint density at radius 2 is 1.85 bits per heavy atom. The lowest BCUT2D eigenvalue weighted by molar-refractivity contribution is -0.137. The molecular formula is C20H20Cl2O5. The highest BCUT2D eigenvalue weighted by molar-refractivity contribution is 6.32. The SMILES string of the molecule is Cc1cc2c(cc1Cl)OCCC2=O.Cc1ccc(OCCC(=O)O)cc1Cl. The van der Waals surface area contributed by atoms with Crippen LogP contribution >= 0.6 is 23.2 Å². The van der Waals surface area contributed by atoms with Crippen molar-refractivity contribution in [1.29, 1.82) is 0 Å². The summed E-state index contributed by atoms with van der Waals surface area (Å²) in [6.45, 7) is 4.40. The quantitative estimate of drug-likeness (QED) is 0.757. The Labute approximate surface area is 167 Å². The molecule has 144 valence electrons. The molecule has 0 atom stereocenters. The number of halogens is 2. The molecule has 1 N–H and O–H groups in total. The van der Waals surface area contributed by atoms with Crippen LogP contribution in [-0.4, -0.2) is 30.1 Å². The Morgan fingerprint density at radius 3 is 2.52 bits per heavy atom. The van der Waals surface area contributed by atoms with Crippen molar-refractivity contribution in [3.63, 3.8) is 0 Å². The maximum absolute atomic E-state index is 11.4. The van der Waals surface area contributed by atoms with Crippen LogP contribution in [0.25, 0.3) is 0 Å². The number of hydrogen-bond acceptors (Lipinski definition) is 4. The number of aryl methyl sites for hydroxylation is 2. The van der Waals surface area contributed by atoms with E-state index in [0.717, 1.165) is 11.1 Å². The molecule has 1 aliphatic rings. The number of aliphatic carboxylic acids is 1. The standard InChI is InChI=1S/C10H11ClO3.C10H9ClO2/c1-7-2-3-8(6-9(7)11)14-5-4-10(12)13;1-6-4-7-9(12)2-3-13-10(7)5-8(6)11/h2-3,6H,4-5H2,1H3,(H,12,13);4-5H,2-3H2,1H3. The van der Waals surface area contributed by atoms with E-state index in [1.54, 1.807) is 24.3 Å². The molecule has 0 aromatic heterocycles. The van der Waals surface area contributed by atoms with Crippen LogP contribution in [0.15, 0.2) is 30.3 Å². The minimum Gasteiger partial charge on any atom is -0.493 e. The molecule has 1 heterocycles. The van der Waals surface area contributed by atoms with Crippen molar-refractivity contribution < 1.29 is 24.2 Å². The average Bonchev–Trinajstić information content (AvgIpc) is 2.60. The molecule has 2 aromatic carbocycles. The fourth-order valence-corrected chi connectivity index (χ4v) is 2.63. The van der Waals surface area contributed by atoms with Crippen LogP contribution in [0, 0.1) is 13.8 Å². The number of hydrogen-bond donors (Lipinski definition) is 1. The van der Waals surface area contributed by atoms with Crippen molar-refractivity contribution in [2.24, 2.45) is 0 Å². The Morgan fingerprint density at radius 1 is 1.15 bits per heavy atom. The minimum absolute atomic E-state index is 0.00844.